The lowest BCUT2D eigenvalue weighted by Crippen LogP contribution is -2.31. The maximum absolute atomic E-state index is 12.5. The summed E-state index contributed by atoms with van der Waals surface area (Å²) in [5.41, 5.74) is 4.94. The molecule has 1 atom stereocenters. The maximum Gasteiger partial charge on any atom is 0.409 e. The normalized spacial score (nSPS) is 18.5. The molecule has 1 amide bonds. The van der Waals surface area contributed by atoms with E-state index < -0.39 is 0 Å². The van der Waals surface area contributed by atoms with Crippen molar-refractivity contribution in [3.05, 3.63) is 72.3 Å². The van der Waals surface area contributed by atoms with E-state index in [0.717, 1.165) is 6.42 Å². The van der Waals surface area contributed by atoms with Crippen LogP contribution in [0.2, 0.25) is 0 Å². The van der Waals surface area contributed by atoms with Gasteiger partial charge in [0.15, 0.2) is 0 Å². The third-order valence-corrected chi connectivity index (χ3v) is 5.19. The van der Waals surface area contributed by atoms with Crippen LogP contribution in [0.25, 0.3) is 11.1 Å². The van der Waals surface area contributed by atoms with Crippen LogP contribution in [0.5, 0.6) is 0 Å². The first-order valence-electron chi connectivity index (χ1n) is 9.10. The van der Waals surface area contributed by atoms with Gasteiger partial charge in [-0.2, -0.15) is 0 Å². The molecule has 0 radical (unpaired) electrons. The smallest absolute Gasteiger partial charge is 0.409 e. The summed E-state index contributed by atoms with van der Waals surface area (Å²) in [5.74, 6) is 0.0989. The first kappa shape index (κ1) is 16.9. The highest BCUT2D eigenvalue weighted by atomic mass is 16.6. The molecule has 0 saturated carbocycles. The van der Waals surface area contributed by atoms with E-state index in [9.17, 15) is 4.79 Å². The summed E-state index contributed by atoms with van der Waals surface area (Å²) in [5, 5.41) is 0. The second-order valence-corrected chi connectivity index (χ2v) is 6.78. The molecule has 2 aromatic rings. The van der Waals surface area contributed by atoms with Crippen molar-refractivity contribution >= 4 is 6.09 Å². The van der Waals surface area contributed by atoms with Gasteiger partial charge in [-0.1, -0.05) is 54.6 Å². The largest absolute Gasteiger partial charge is 0.448 e. The number of amides is 1. The Hall–Kier alpha value is -2.59. The molecule has 1 saturated heterocycles. The number of carbonyl (C=O) groups is 1. The molecule has 134 valence electrons. The predicted molar refractivity (Wildman–Crippen MR) is 101 cm³/mol. The lowest BCUT2D eigenvalue weighted by atomic mass is 9.98. The predicted octanol–water partition coefficient (Wildman–Crippen LogP) is 4.21. The monoisotopic (exact) mass is 349 g/mol. The van der Waals surface area contributed by atoms with Crippen molar-refractivity contribution in [2.75, 3.05) is 26.3 Å². The zero-order valence-corrected chi connectivity index (χ0v) is 14.8. The lowest BCUT2D eigenvalue weighted by Gasteiger charge is -2.19. The van der Waals surface area contributed by atoms with Gasteiger partial charge in [0.2, 0.25) is 0 Å². The number of nitrogens with zero attached hydrogens (tertiary/aromatic N) is 1. The van der Waals surface area contributed by atoms with E-state index >= 15 is 0 Å². The standard InChI is InChI=1S/C22H23NO3/c1-2-13-25-16-11-12-23(14-16)22(24)26-15-21-19-9-5-3-7-17(19)18-8-4-6-10-20(18)21/h2-10,16,21H,1,11-15H2. The van der Waals surface area contributed by atoms with E-state index in [1.807, 2.05) is 12.1 Å². The van der Waals surface area contributed by atoms with Crippen molar-refractivity contribution in [3.63, 3.8) is 0 Å². The van der Waals surface area contributed by atoms with Crippen LogP contribution in [-0.4, -0.2) is 43.4 Å². The molecule has 4 rings (SSSR count). The zero-order chi connectivity index (χ0) is 17.9. The van der Waals surface area contributed by atoms with Crippen LogP contribution in [0.4, 0.5) is 4.79 Å². The fourth-order valence-electron chi connectivity index (χ4n) is 3.92. The molecule has 2 aromatic carbocycles. The summed E-state index contributed by atoms with van der Waals surface area (Å²) < 4.78 is 11.3. The highest BCUT2D eigenvalue weighted by Gasteiger charge is 2.31. The van der Waals surface area contributed by atoms with Gasteiger partial charge in [0.25, 0.3) is 0 Å². The Bertz CT molecular complexity index is 771. The fraction of sp³-hybridized carbons (Fsp3) is 0.318. The molecule has 0 N–H and O–H groups in total. The first-order chi connectivity index (χ1) is 12.8. The number of hydrogen-bond acceptors (Lipinski definition) is 3. The van der Waals surface area contributed by atoms with Crippen molar-refractivity contribution in [2.24, 2.45) is 0 Å². The van der Waals surface area contributed by atoms with Gasteiger partial charge in [-0.05, 0) is 28.7 Å². The van der Waals surface area contributed by atoms with E-state index in [0.29, 0.717) is 26.3 Å². The Balaban J connectivity index is 1.42. The molecule has 26 heavy (non-hydrogen) atoms. The maximum atomic E-state index is 12.5. The SMILES string of the molecule is C=CCOC1CCN(C(=O)OCC2c3ccccc3-c3ccccc32)C1. The van der Waals surface area contributed by atoms with Gasteiger partial charge in [-0.3, -0.25) is 0 Å². The van der Waals surface area contributed by atoms with Crippen molar-refractivity contribution in [1.82, 2.24) is 4.90 Å². The van der Waals surface area contributed by atoms with Crippen LogP contribution in [-0.2, 0) is 9.47 Å². The van der Waals surface area contributed by atoms with E-state index in [-0.39, 0.29) is 18.1 Å². The summed E-state index contributed by atoms with van der Waals surface area (Å²) in [6, 6.07) is 16.7. The van der Waals surface area contributed by atoms with Gasteiger partial charge >= 0.3 is 6.09 Å². The van der Waals surface area contributed by atoms with Gasteiger partial charge in [0.1, 0.15) is 6.61 Å². The molecule has 1 heterocycles. The molecule has 1 fully saturated rings. The minimum atomic E-state index is -0.253. The molecular weight excluding hydrogens is 326 g/mol. The molecular formula is C22H23NO3. The minimum absolute atomic E-state index is 0.0773. The zero-order valence-electron chi connectivity index (χ0n) is 14.8. The summed E-state index contributed by atoms with van der Waals surface area (Å²) in [4.78, 5) is 14.2. The quantitative estimate of drug-likeness (QED) is 0.759. The number of rotatable bonds is 5. The molecule has 4 nitrogen and oxygen atoms in total. The molecule has 0 aromatic heterocycles. The minimum Gasteiger partial charge on any atom is -0.448 e. The third kappa shape index (κ3) is 3.13. The number of fused-ring (bicyclic) bond motifs is 3. The number of hydrogen-bond donors (Lipinski definition) is 0. The molecule has 4 heteroatoms. The Morgan fingerprint density at radius 1 is 1.12 bits per heavy atom. The van der Waals surface area contributed by atoms with E-state index in [2.05, 4.69) is 43.0 Å². The average molecular weight is 349 g/mol. The van der Waals surface area contributed by atoms with Crippen LogP contribution in [0, 0.1) is 0 Å². The lowest BCUT2D eigenvalue weighted by molar-refractivity contribution is 0.0711. The number of carbonyl (C=O) groups excluding carboxylic acids is 1. The highest BCUT2D eigenvalue weighted by molar-refractivity contribution is 5.79. The van der Waals surface area contributed by atoms with Crippen molar-refractivity contribution in [1.29, 1.82) is 0 Å². The van der Waals surface area contributed by atoms with Crippen LogP contribution in [0.3, 0.4) is 0 Å². The summed E-state index contributed by atoms with van der Waals surface area (Å²) in [6.07, 6.45) is 2.40. The Kier molecular flexibility index (Phi) is 4.76. The highest BCUT2D eigenvalue weighted by Crippen LogP contribution is 2.44. The number of likely N-dealkylation sites (tertiary alicyclic amines) is 1. The molecule has 2 aliphatic rings. The molecule has 1 unspecified atom stereocenters. The van der Waals surface area contributed by atoms with E-state index in [4.69, 9.17) is 9.47 Å². The first-order valence-corrected chi connectivity index (χ1v) is 9.10. The van der Waals surface area contributed by atoms with Gasteiger partial charge in [-0.25, -0.2) is 4.79 Å². The Labute approximate surface area is 154 Å². The third-order valence-electron chi connectivity index (χ3n) is 5.19. The van der Waals surface area contributed by atoms with Crippen molar-refractivity contribution in [2.45, 2.75) is 18.4 Å². The van der Waals surface area contributed by atoms with E-state index in [1.54, 1.807) is 11.0 Å². The van der Waals surface area contributed by atoms with Crippen LogP contribution >= 0.6 is 0 Å². The molecule has 1 aliphatic heterocycles. The number of benzene rings is 2. The van der Waals surface area contributed by atoms with E-state index in [1.165, 1.54) is 22.3 Å². The van der Waals surface area contributed by atoms with Gasteiger partial charge in [-0.15, -0.1) is 6.58 Å². The van der Waals surface area contributed by atoms with Crippen molar-refractivity contribution < 1.29 is 14.3 Å². The van der Waals surface area contributed by atoms with Gasteiger partial charge in [0, 0.05) is 12.5 Å². The molecule has 1 aliphatic carbocycles. The van der Waals surface area contributed by atoms with Gasteiger partial charge in [0.05, 0.1) is 19.3 Å². The van der Waals surface area contributed by atoms with Crippen LogP contribution in [0.1, 0.15) is 23.5 Å². The summed E-state index contributed by atoms with van der Waals surface area (Å²) >= 11 is 0. The van der Waals surface area contributed by atoms with Crippen LogP contribution < -0.4 is 0 Å². The Morgan fingerprint density at radius 3 is 2.42 bits per heavy atom. The Morgan fingerprint density at radius 2 is 1.77 bits per heavy atom. The number of ether oxygens (including phenoxy) is 2. The second-order valence-electron chi connectivity index (χ2n) is 6.78. The average Bonchev–Trinajstić information content (AvgIpc) is 3.28. The molecule has 0 bridgehead atoms. The van der Waals surface area contributed by atoms with Crippen LogP contribution in [0.15, 0.2) is 61.2 Å². The second kappa shape index (κ2) is 7.34. The molecule has 0 spiro atoms. The van der Waals surface area contributed by atoms with Crippen molar-refractivity contribution in [3.8, 4) is 11.1 Å². The summed E-state index contributed by atoms with van der Waals surface area (Å²) in [7, 11) is 0. The summed E-state index contributed by atoms with van der Waals surface area (Å²) in [6.45, 7) is 5.80. The van der Waals surface area contributed by atoms with Gasteiger partial charge < -0.3 is 14.4 Å². The fourth-order valence-corrected chi connectivity index (χ4v) is 3.92. The topological polar surface area (TPSA) is 38.8 Å².